The molecule has 0 saturated carbocycles. The SMILES string of the molecule is O=c1c2ccsc2[nH]c(=S)n1C1CCCc2sccc21. The van der Waals surface area contributed by atoms with Crippen LogP contribution in [0.15, 0.2) is 27.7 Å². The molecule has 0 saturated heterocycles. The highest BCUT2D eigenvalue weighted by molar-refractivity contribution is 7.71. The molecule has 102 valence electrons. The highest BCUT2D eigenvalue weighted by Gasteiger charge is 2.25. The van der Waals surface area contributed by atoms with E-state index in [0.29, 0.717) is 4.77 Å². The average Bonchev–Trinajstić information content (AvgIpc) is 3.06. The summed E-state index contributed by atoms with van der Waals surface area (Å²) in [6, 6.07) is 4.11. The van der Waals surface area contributed by atoms with Gasteiger partial charge >= 0.3 is 0 Å². The fourth-order valence-electron chi connectivity index (χ4n) is 2.97. The summed E-state index contributed by atoms with van der Waals surface area (Å²) in [6.45, 7) is 0. The Morgan fingerprint density at radius 2 is 2.15 bits per heavy atom. The second-order valence-electron chi connectivity index (χ2n) is 4.98. The van der Waals surface area contributed by atoms with Crippen molar-refractivity contribution in [3.8, 4) is 0 Å². The molecule has 6 heteroatoms. The van der Waals surface area contributed by atoms with Crippen LogP contribution < -0.4 is 5.56 Å². The molecule has 3 heterocycles. The van der Waals surface area contributed by atoms with Crippen LogP contribution in [0.5, 0.6) is 0 Å². The fourth-order valence-corrected chi connectivity index (χ4v) is 5.10. The van der Waals surface area contributed by atoms with Crippen LogP contribution in [0.2, 0.25) is 0 Å². The van der Waals surface area contributed by atoms with Gasteiger partial charge in [-0.1, -0.05) is 0 Å². The first-order valence-corrected chi connectivity index (χ1v) is 8.71. The maximum Gasteiger partial charge on any atom is 0.263 e. The van der Waals surface area contributed by atoms with Gasteiger partial charge in [-0.15, -0.1) is 22.7 Å². The summed E-state index contributed by atoms with van der Waals surface area (Å²) in [5, 5.41) is 4.79. The zero-order valence-electron chi connectivity index (χ0n) is 10.6. The summed E-state index contributed by atoms with van der Waals surface area (Å²) in [5.41, 5.74) is 1.31. The number of hydrogen-bond acceptors (Lipinski definition) is 4. The van der Waals surface area contributed by atoms with Gasteiger partial charge in [-0.3, -0.25) is 9.36 Å². The Balaban J connectivity index is 2.01. The third kappa shape index (κ3) is 1.75. The lowest BCUT2D eigenvalue weighted by Gasteiger charge is -2.24. The molecule has 0 aliphatic heterocycles. The van der Waals surface area contributed by atoms with E-state index >= 15 is 0 Å². The maximum absolute atomic E-state index is 12.7. The van der Waals surface area contributed by atoms with Gasteiger partial charge in [-0.05, 0) is 59.9 Å². The summed E-state index contributed by atoms with van der Waals surface area (Å²) in [5.74, 6) is 0. The number of rotatable bonds is 1. The molecule has 1 unspecified atom stereocenters. The number of aryl methyl sites for hydroxylation is 1. The van der Waals surface area contributed by atoms with Crippen molar-refractivity contribution in [2.75, 3.05) is 0 Å². The standard InChI is InChI=1S/C14H12N2OS3/c17-13-9-5-7-20-12(9)15-14(18)16(13)10-2-1-3-11-8(10)4-6-19-11/h4-7,10H,1-3H2,(H,15,18). The minimum Gasteiger partial charge on any atom is -0.323 e. The van der Waals surface area contributed by atoms with E-state index in [-0.39, 0.29) is 11.6 Å². The highest BCUT2D eigenvalue weighted by atomic mass is 32.1. The van der Waals surface area contributed by atoms with E-state index in [1.54, 1.807) is 15.9 Å². The van der Waals surface area contributed by atoms with Crippen molar-refractivity contribution in [3.63, 3.8) is 0 Å². The van der Waals surface area contributed by atoms with Gasteiger partial charge < -0.3 is 4.98 Å². The van der Waals surface area contributed by atoms with Crippen LogP contribution in [-0.2, 0) is 6.42 Å². The van der Waals surface area contributed by atoms with Crippen LogP contribution in [0.25, 0.3) is 10.2 Å². The van der Waals surface area contributed by atoms with Crippen LogP contribution >= 0.6 is 34.9 Å². The van der Waals surface area contributed by atoms with Crippen LogP contribution in [0, 0.1) is 4.77 Å². The molecule has 1 aliphatic rings. The Bertz CT molecular complexity index is 899. The number of hydrogen-bond donors (Lipinski definition) is 1. The second-order valence-corrected chi connectivity index (χ2v) is 7.28. The third-order valence-corrected chi connectivity index (χ3v) is 6.01. The topological polar surface area (TPSA) is 37.8 Å². The van der Waals surface area contributed by atoms with Crippen LogP contribution in [-0.4, -0.2) is 9.55 Å². The zero-order chi connectivity index (χ0) is 13.7. The lowest BCUT2D eigenvalue weighted by molar-refractivity contribution is 0.475. The van der Waals surface area contributed by atoms with E-state index < -0.39 is 0 Å². The molecule has 0 spiro atoms. The van der Waals surface area contributed by atoms with Gasteiger partial charge in [0.15, 0.2) is 4.77 Å². The normalized spacial score (nSPS) is 18.3. The molecular formula is C14H12N2OS3. The van der Waals surface area contributed by atoms with Crippen molar-refractivity contribution in [2.24, 2.45) is 0 Å². The summed E-state index contributed by atoms with van der Waals surface area (Å²) in [6.07, 6.45) is 3.22. The Morgan fingerprint density at radius 3 is 3.05 bits per heavy atom. The van der Waals surface area contributed by atoms with Gasteiger partial charge in [-0.25, -0.2) is 0 Å². The molecule has 3 nitrogen and oxygen atoms in total. The first kappa shape index (κ1) is 12.5. The lowest BCUT2D eigenvalue weighted by Crippen LogP contribution is -2.28. The van der Waals surface area contributed by atoms with E-state index in [4.69, 9.17) is 12.2 Å². The number of aromatic nitrogens is 2. The molecule has 3 aromatic rings. The molecule has 3 aromatic heterocycles. The van der Waals surface area contributed by atoms with Crippen molar-refractivity contribution in [1.29, 1.82) is 0 Å². The Kier molecular flexibility index (Phi) is 2.90. The maximum atomic E-state index is 12.7. The van der Waals surface area contributed by atoms with E-state index in [2.05, 4.69) is 16.4 Å². The van der Waals surface area contributed by atoms with Crippen molar-refractivity contribution >= 4 is 45.1 Å². The predicted octanol–water partition coefficient (Wildman–Crippen LogP) is 4.11. The Morgan fingerprint density at radius 1 is 1.30 bits per heavy atom. The molecule has 0 bridgehead atoms. The molecule has 1 atom stereocenters. The summed E-state index contributed by atoms with van der Waals surface area (Å²) in [4.78, 5) is 18.2. The van der Waals surface area contributed by atoms with E-state index in [0.717, 1.165) is 29.5 Å². The third-order valence-electron chi connectivity index (χ3n) is 3.89. The lowest BCUT2D eigenvalue weighted by atomic mass is 9.94. The second kappa shape index (κ2) is 4.65. The average molecular weight is 320 g/mol. The van der Waals surface area contributed by atoms with Gasteiger partial charge in [-0.2, -0.15) is 0 Å². The molecular weight excluding hydrogens is 308 g/mol. The smallest absolute Gasteiger partial charge is 0.263 e. The molecule has 0 fully saturated rings. The molecule has 4 rings (SSSR count). The molecule has 0 radical (unpaired) electrons. The van der Waals surface area contributed by atoms with Gasteiger partial charge in [0.1, 0.15) is 4.83 Å². The molecule has 1 N–H and O–H groups in total. The number of aromatic amines is 1. The number of fused-ring (bicyclic) bond motifs is 2. The largest absolute Gasteiger partial charge is 0.323 e. The van der Waals surface area contributed by atoms with Crippen molar-refractivity contribution in [3.05, 3.63) is 48.5 Å². The van der Waals surface area contributed by atoms with E-state index in [1.807, 2.05) is 11.4 Å². The van der Waals surface area contributed by atoms with Crippen molar-refractivity contribution < 1.29 is 0 Å². The van der Waals surface area contributed by atoms with Gasteiger partial charge in [0.2, 0.25) is 0 Å². The molecule has 1 aliphatic carbocycles. The van der Waals surface area contributed by atoms with E-state index in [9.17, 15) is 4.79 Å². The number of thiophene rings is 2. The Labute approximate surface area is 128 Å². The van der Waals surface area contributed by atoms with Gasteiger partial charge in [0, 0.05) is 4.88 Å². The predicted molar refractivity (Wildman–Crippen MR) is 86.7 cm³/mol. The fraction of sp³-hybridized carbons (Fsp3) is 0.286. The minimum atomic E-state index is 0.0362. The summed E-state index contributed by atoms with van der Waals surface area (Å²) < 4.78 is 2.31. The number of nitrogens with one attached hydrogen (secondary N) is 1. The minimum absolute atomic E-state index is 0.0362. The van der Waals surface area contributed by atoms with Crippen LogP contribution in [0.1, 0.15) is 29.3 Å². The molecule has 0 amide bonds. The van der Waals surface area contributed by atoms with E-state index in [1.165, 1.54) is 21.8 Å². The first-order valence-electron chi connectivity index (χ1n) is 6.54. The van der Waals surface area contributed by atoms with Crippen molar-refractivity contribution in [2.45, 2.75) is 25.3 Å². The zero-order valence-corrected chi connectivity index (χ0v) is 13.0. The monoisotopic (exact) mass is 320 g/mol. The Hall–Kier alpha value is -1.24. The highest BCUT2D eigenvalue weighted by Crippen LogP contribution is 2.35. The van der Waals surface area contributed by atoms with Crippen LogP contribution in [0.3, 0.4) is 0 Å². The summed E-state index contributed by atoms with van der Waals surface area (Å²) >= 11 is 8.74. The first-order chi connectivity index (χ1) is 9.75. The number of H-pyrrole nitrogens is 1. The quantitative estimate of drug-likeness (QED) is 0.685. The van der Waals surface area contributed by atoms with Gasteiger partial charge in [0.25, 0.3) is 5.56 Å². The van der Waals surface area contributed by atoms with Crippen molar-refractivity contribution in [1.82, 2.24) is 9.55 Å². The number of nitrogens with zero attached hydrogens (tertiary/aromatic N) is 1. The molecule has 0 aromatic carbocycles. The van der Waals surface area contributed by atoms with Crippen LogP contribution in [0.4, 0.5) is 0 Å². The van der Waals surface area contributed by atoms with Gasteiger partial charge in [0.05, 0.1) is 11.4 Å². The molecule has 20 heavy (non-hydrogen) atoms. The summed E-state index contributed by atoms with van der Waals surface area (Å²) in [7, 11) is 0.